The van der Waals surface area contributed by atoms with Crippen molar-refractivity contribution in [1.29, 1.82) is 0 Å². The number of anilines is 2. The molecular formula is C13H12N6OS. The van der Waals surface area contributed by atoms with Crippen LogP contribution in [0.4, 0.5) is 11.4 Å². The maximum atomic E-state index is 11.9. The van der Waals surface area contributed by atoms with Crippen molar-refractivity contribution in [3.8, 4) is 0 Å². The Labute approximate surface area is 124 Å². The Morgan fingerprint density at radius 1 is 1.33 bits per heavy atom. The highest BCUT2D eigenvalue weighted by atomic mass is 32.2. The molecule has 2 heterocycles. The Hall–Kier alpha value is -2.61. The molecule has 0 unspecified atom stereocenters. The fourth-order valence-corrected chi connectivity index (χ4v) is 2.56. The number of benzene rings is 1. The van der Waals surface area contributed by atoms with E-state index >= 15 is 0 Å². The molecule has 0 radical (unpaired) electrons. The minimum Gasteiger partial charge on any atom is -0.399 e. The van der Waals surface area contributed by atoms with Gasteiger partial charge in [-0.05, 0) is 18.2 Å². The predicted molar refractivity (Wildman–Crippen MR) is 81.9 cm³/mol. The number of fused-ring (bicyclic) bond motifs is 1. The second kappa shape index (κ2) is 5.80. The number of H-pyrrole nitrogens is 1. The van der Waals surface area contributed by atoms with Crippen LogP contribution in [0.3, 0.4) is 0 Å². The third kappa shape index (κ3) is 3.11. The highest BCUT2D eigenvalue weighted by Crippen LogP contribution is 2.22. The normalized spacial score (nSPS) is 10.7. The zero-order valence-corrected chi connectivity index (χ0v) is 11.7. The predicted octanol–water partition coefficient (Wildman–Crippen LogP) is 1.67. The van der Waals surface area contributed by atoms with Gasteiger partial charge < -0.3 is 16.0 Å². The number of nitrogens with zero attached hydrogens (tertiary/aromatic N) is 3. The molecule has 0 saturated carbocycles. The van der Waals surface area contributed by atoms with Crippen LogP contribution in [-0.4, -0.2) is 31.6 Å². The fraction of sp³-hybridized carbons (Fsp3) is 0.0769. The Bertz CT molecular complexity index is 787. The van der Waals surface area contributed by atoms with Crippen LogP contribution in [-0.2, 0) is 4.79 Å². The molecule has 0 spiro atoms. The van der Waals surface area contributed by atoms with E-state index in [0.717, 1.165) is 5.52 Å². The van der Waals surface area contributed by atoms with E-state index in [4.69, 9.17) is 5.73 Å². The minimum absolute atomic E-state index is 0.128. The van der Waals surface area contributed by atoms with E-state index in [1.807, 2.05) is 0 Å². The number of carbonyl (C=O) groups excluding carboxylic acids is 1. The van der Waals surface area contributed by atoms with Gasteiger partial charge in [-0.15, -0.1) is 0 Å². The van der Waals surface area contributed by atoms with Gasteiger partial charge in [0, 0.05) is 11.4 Å². The first-order valence-electron chi connectivity index (χ1n) is 6.14. The minimum atomic E-state index is -0.128. The zero-order chi connectivity index (χ0) is 14.7. The summed E-state index contributed by atoms with van der Waals surface area (Å²) >= 11 is 1.32. The van der Waals surface area contributed by atoms with Gasteiger partial charge in [0.15, 0.2) is 5.65 Å². The number of aromatic amines is 1. The van der Waals surface area contributed by atoms with E-state index in [1.54, 1.807) is 30.6 Å². The molecular weight excluding hydrogens is 288 g/mol. The molecule has 0 saturated heterocycles. The van der Waals surface area contributed by atoms with Gasteiger partial charge in [-0.3, -0.25) is 4.79 Å². The van der Waals surface area contributed by atoms with E-state index in [0.29, 0.717) is 22.0 Å². The van der Waals surface area contributed by atoms with Crippen molar-refractivity contribution in [2.75, 3.05) is 16.8 Å². The number of aromatic nitrogens is 4. The first-order chi connectivity index (χ1) is 10.2. The summed E-state index contributed by atoms with van der Waals surface area (Å²) in [5.41, 5.74) is 8.27. The lowest BCUT2D eigenvalue weighted by Gasteiger charge is -2.05. The van der Waals surface area contributed by atoms with E-state index in [1.165, 1.54) is 18.1 Å². The van der Waals surface area contributed by atoms with Crippen molar-refractivity contribution in [1.82, 2.24) is 19.9 Å². The smallest absolute Gasteiger partial charge is 0.234 e. The summed E-state index contributed by atoms with van der Waals surface area (Å²) in [7, 11) is 0. The van der Waals surface area contributed by atoms with Gasteiger partial charge in [-0.1, -0.05) is 17.8 Å². The molecule has 21 heavy (non-hydrogen) atoms. The molecule has 0 bridgehead atoms. The van der Waals surface area contributed by atoms with Crippen molar-refractivity contribution in [3.63, 3.8) is 0 Å². The average Bonchev–Trinajstić information content (AvgIpc) is 2.94. The van der Waals surface area contributed by atoms with Gasteiger partial charge in [0.2, 0.25) is 5.91 Å². The van der Waals surface area contributed by atoms with Gasteiger partial charge in [0.05, 0.1) is 12.1 Å². The molecule has 3 rings (SSSR count). The van der Waals surface area contributed by atoms with E-state index in [9.17, 15) is 4.79 Å². The second-order valence-electron chi connectivity index (χ2n) is 4.24. The molecule has 0 aliphatic rings. The largest absolute Gasteiger partial charge is 0.399 e. The summed E-state index contributed by atoms with van der Waals surface area (Å²) < 4.78 is 0. The number of nitrogens with one attached hydrogen (secondary N) is 2. The summed E-state index contributed by atoms with van der Waals surface area (Å²) in [6.45, 7) is 0. The number of nitrogens with two attached hydrogens (primary N) is 1. The molecule has 2 aromatic heterocycles. The monoisotopic (exact) mass is 300 g/mol. The quantitative estimate of drug-likeness (QED) is 0.384. The molecule has 4 N–H and O–H groups in total. The van der Waals surface area contributed by atoms with Gasteiger partial charge in [-0.25, -0.2) is 15.0 Å². The van der Waals surface area contributed by atoms with Crippen LogP contribution in [0.15, 0.2) is 41.9 Å². The van der Waals surface area contributed by atoms with Gasteiger partial charge in [0.1, 0.15) is 16.9 Å². The van der Waals surface area contributed by atoms with Gasteiger partial charge in [-0.2, -0.15) is 0 Å². The topological polar surface area (TPSA) is 110 Å². The van der Waals surface area contributed by atoms with Crippen molar-refractivity contribution in [2.45, 2.75) is 5.03 Å². The van der Waals surface area contributed by atoms with Crippen LogP contribution in [0.2, 0.25) is 0 Å². The van der Waals surface area contributed by atoms with Crippen LogP contribution in [0.25, 0.3) is 11.2 Å². The lowest BCUT2D eigenvalue weighted by molar-refractivity contribution is -0.113. The third-order valence-corrected chi connectivity index (χ3v) is 3.69. The summed E-state index contributed by atoms with van der Waals surface area (Å²) in [5.74, 6) is 0.108. The van der Waals surface area contributed by atoms with Crippen molar-refractivity contribution in [3.05, 3.63) is 36.9 Å². The van der Waals surface area contributed by atoms with Crippen LogP contribution in [0.5, 0.6) is 0 Å². The van der Waals surface area contributed by atoms with Crippen molar-refractivity contribution < 1.29 is 4.79 Å². The molecule has 0 aliphatic heterocycles. The number of hydrogen-bond donors (Lipinski definition) is 3. The number of amides is 1. The van der Waals surface area contributed by atoms with Crippen molar-refractivity contribution in [2.24, 2.45) is 0 Å². The van der Waals surface area contributed by atoms with E-state index < -0.39 is 0 Å². The maximum absolute atomic E-state index is 11.9. The fourth-order valence-electron chi connectivity index (χ4n) is 1.80. The van der Waals surface area contributed by atoms with Crippen LogP contribution < -0.4 is 11.1 Å². The molecule has 7 nitrogen and oxygen atoms in total. The molecule has 3 aromatic rings. The van der Waals surface area contributed by atoms with Crippen LogP contribution in [0, 0.1) is 0 Å². The van der Waals surface area contributed by atoms with Gasteiger partial charge >= 0.3 is 0 Å². The third-order valence-electron chi connectivity index (χ3n) is 2.70. The molecule has 0 fully saturated rings. The van der Waals surface area contributed by atoms with E-state index in [-0.39, 0.29) is 11.7 Å². The first kappa shape index (κ1) is 13.4. The highest BCUT2D eigenvalue weighted by Gasteiger charge is 2.09. The second-order valence-corrected chi connectivity index (χ2v) is 5.21. The molecule has 0 atom stereocenters. The lowest BCUT2D eigenvalue weighted by Crippen LogP contribution is -2.14. The molecule has 0 aliphatic carbocycles. The number of imidazole rings is 1. The zero-order valence-electron chi connectivity index (χ0n) is 10.9. The van der Waals surface area contributed by atoms with Crippen LogP contribution in [0.1, 0.15) is 0 Å². The summed E-state index contributed by atoms with van der Waals surface area (Å²) in [6, 6.07) is 7.05. The molecule has 1 aromatic carbocycles. The Morgan fingerprint density at radius 2 is 2.24 bits per heavy atom. The molecule has 8 heteroatoms. The van der Waals surface area contributed by atoms with Crippen LogP contribution >= 0.6 is 11.8 Å². The average molecular weight is 300 g/mol. The molecule has 1 amide bonds. The molecule has 106 valence electrons. The summed E-state index contributed by atoms with van der Waals surface area (Å²) in [5, 5.41) is 3.48. The Kier molecular flexibility index (Phi) is 3.69. The maximum Gasteiger partial charge on any atom is 0.234 e. The number of thioether (sulfide) groups is 1. The van der Waals surface area contributed by atoms with E-state index in [2.05, 4.69) is 25.3 Å². The summed E-state index contributed by atoms with van der Waals surface area (Å²) in [6.07, 6.45) is 2.98. The number of hydrogen-bond acceptors (Lipinski definition) is 6. The Balaban J connectivity index is 1.65. The Morgan fingerprint density at radius 3 is 3.10 bits per heavy atom. The number of nitrogen functional groups attached to an aromatic ring is 1. The lowest BCUT2D eigenvalue weighted by atomic mass is 10.3. The number of carbonyl (C=O) groups is 1. The van der Waals surface area contributed by atoms with Crippen molar-refractivity contribution >= 4 is 40.2 Å². The SMILES string of the molecule is Nc1cccc(NC(=O)CSc2ncnc3nc[nH]c23)c1. The standard InChI is InChI=1S/C13H12N6OS/c14-8-2-1-3-9(4-8)19-10(20)5-21-13-11-12(16-6-15-11)17-7-18-13/h1-4,6-7H,5,14H2,(H,19,20)(H,15,16,17,18). The highest BCUT2D eigenvalue weighted by molar-refractivity contribution is 8.00. The summed E-state index contributed by atoms with van der Waals surface area (Å²) in [4.78, 5) is 27.1. The van der Waals surface area contributed by atoms with Gasteiger partial charge in [0.25, 0.3) is 0 Å². The first-order valence-corrected chi connectivity index (χ1v) is 7.13. The number of rotatable bonds is 4.